The molecule has 0 aromatic heterocycles. The summed E-state index contributed by atoms with van der Waals surface area (Å²) >= 11 is 0. The van der Waals surface area contributed by atoms with Crippen molar-refractivity contribution < 1.29 is 18.0 Å². The van der Waals surface area contributed by atoms with Gasteiger partial charge in [-0.15, -0.1) is 0 Å². The Morgan fingerprint density at radius 3 is 2.32 bits per heavy atom. The predicted octanol–water partition coefficient (Wildman–Crippen LogP) is 3.02. The molecule has 3 aliphatic heterocycles. The van der Waals surface area contributed by atoms with Crippen molar-refractivity contribution in [2.45, 2.75) is 87.6 Å². The van der Waals surface area contributed by atoms with Crippen LogP contribution in [0.15, 0.2) is 23.1 Å². The van der Waals surface area contributed by atoms with Gasteiger partial charge in [-0.2, -0.15) is 4.31 Å². The smallest absolute Gasteiger partial charge is 0.250 e. The zero-order valence-corrected chi connectivity index (χ0v) is 20.7. The van der Waals surface area contributed by atoms with Crippen molar-refractivity contribution in [2.24, 2.45) is 0 Å². The summed E-state index contributed by atoms with van der Waals surface area (Å²) in [6.45, 7) is 1.75. The van der Waals surface area contributed by atoms with Crippen LogP contribution in [0.1, 0.15) is 70.6 Å². The van der Waals surface area contributed by atoms with Crippen molar-refractivity contribution in [3.63, 3.8) is 0 Å². The minimum atomic E-state index is -3.64. The first kappa shape index (κ1) is 23.6. The number of nitrogens with zero attached hydrogens (tertiary/aromatic N) is 3. The Balaban J connectivity index is 1.46. The summed E-state index contributed by atoms with van der Waals surface area (Å²) in [5.41, 5.74) is 1.40. The number of rotatable bonds is 5. The Kier molecular flexibility index (Phi) is 6.84. The summed E-state index contributed by atoms with van der Waals surface area (Å²) in [5, 5.41) is 3.11. The highest BCUT2D eigenvalue weighted by Gasteiger charge is 2.41. The molecule has 9 heteroatoms. The van der Waals surface area contributed by atoms with Crippen molar-refractivity contribution in [1.82, 2.24) is 9.62 Å². The summed E-state index contributed by atoms with van der Waals surface area (Å²) in [4.78, 5) is 30.4. The van der Waals surface area contributed by atoms with E-state index in [1.807, 2.05) is 6.07 Å². The Hall–Kier alpha value is -2.13. The van der Waals surface area contributed by atoms with Crippen LogP contribution in [0.5, 0.6) is 0 Å². The molecule has 1 aromatic rings. The molecule has 0 bridgehead atoms. The van der Waals surface area contributed by atoms with Crippen LogP contribution in [0.4, 0.5) is 11.4 Å². The van der Waals surface area contributed by atoms with Gasteiger partial charge in [0.05, 0.1) is 16.3 Å². The molecular weight excluding hydrogens is 452 g/mol. The molecule has 2 saturated heterocycles. The lowest BCUT2D eigenvalue weighted by molar-refractivity contribution is -0.125. The average molecular weight is 489 g/mol. The van der Waals surface area contributed by atoms with E-state index in [9.17, 15) is 18.0 Å². The Morgan fingerprint density at radius 2 is 1.56 bits per heavy atom. The van der Waals surface area contributed by atoms with Crippen LogP contribution in [0.2, 0.25) is 0 Å². The first-order chi connectivity index (χ1) is 16.4. The van der Waals surface area contributed by atoms with Crippen LogP contribution in [-0.4, -0.2) is 62.8 Å². The van der Waals surface area contributed by atoms with Gasteiger partial charge in [-0.1, -0.05) is 25.7 Å². The largest absolute Gasteiger partial charge is 0.358 e. The number of amides is 2. The zero-order chi connectivity index (χ0) is 23.7. The number of anilines is 2. The van der Waals surface area contributed by atoms with Crippen LogP contribution in [0, 0.1) is 0 Å². The summed E-state index contributed by atoms with van der Waals surface area (Å²) in [7, 11) is -3.64. The SMILES string of the molecule is O=C(CN1C(=O)[C@H]2CCCCN2c2ccc(S(=O)(=O)N3CCCCC3)cc21)NC1CCCCC1. The van der Waals surface area contributed by atoms with Gasteiger partial charge in [0, 0.05) is 25.7 Å². The molecule has 1 saturated carbocycles. The molecule has 1 aromatic carbocycles. The van der Waals surface area contributed by atoms with E-state index in [-0.39, 0.29) is 35.3 Å². The van der Waals surface area contributed by atoms with E-state index >= 15 is 0 Å². The summed E-state index contributed by atoms with van der Waals surface area (Å²) < 4.78 is 28.3. The molecule has 1 aliphatic carbocycles. The topological polar surface area (TPSA) is 90.0 Å². The number of piperidine rings is 2. The molecule has 186 valence electrons. The van der Waals surface area contributed by atoms with E-state index in [1.54, 1.807) is 16.4 Å². The fraction of sp³-hybridized carbons (Fsp3) is 0.680. The second-order valence-corrected chi connectivity index (χ2v) is 12.1. The summed E-state index contributed by atoms with van der Waals surface area (Å²) in [6.07, 6.45) is 10.9. The quantitative estimate of drug-likeness (QED) is 0.688. The second-order valence-electron chi connectivity index (χ2n) is 10.1. The lowest BCUT2D eigenvalue weighted by Gasteiger charge is -2.45. The Labute approximate surface area is 202 Å². The van der Waals surface area contributed by atoms with Gasteiger partial charge in [-0.3, -0.25) is 14.5 Å². The van der Waals surface area contributed by atoms with Crippen LogP contribution >= 0.6 is 0 Å². The zero-order valence-electron chi connectivity index (χ0n) is 19.9. The number of sulfonamides is 1. The van der Waals surface area contributed by atoms with Gasteiger partial charge in [0.1, 0.15) is 12.6 Å². The van der Waals surface area contributed by atoms with Gasteiger partial charge in [-0.25, -0.2) is 8.42 Å². The van der Waals surface area contributed by atoms with Crippen LogP contribution in [0.25, 0.3) is 0 Å². The molecular formula is C25H36N4O4S. The highest BCUT2D eigenvalue weighted by molar-refractivity contribution is 7.89. The first-order valence-electron chi connectivity index (χ1n) is 13.0. The minimum absolute atomic E-state index is 0.0696. The highest BCUT2D eigenvalue weighted by Crippen LogP contribution is 2.41. The van der Waals surface area contributed by atoms with Gasteiger partial charge in [0.2, 0.25) is 21.8 Å². The van der Waals surface area contributed by atoms with Crippen LogP contribution in [0.3, 0.4) is 0 Å². The third kappa shape index (κ3) is 4.56. The maximum absolute atomic E-state index is 13.6. The number of carbonyl (C=O) groups excluding carboxylic acids is 2. The average Bonchev–Trinajstić information content (AvgIpc) is 2.87. The fourth-order valence-electron chi connectivity index (χ4n) is 5.98. The molecule has 2 amide bonds. The van der Waals surface area contributed by atoms with E-state index in [0.717, 1.165) is 76.4 Å². The van der Waals surface area contributed by atoms with Gasteiger partial charge in [0.25, 0.3) is 0 Å². The molecule has 0 spiro atoms. The van der Waals surface area contributed by atoms with E-state index in [4.69, 9.17) is 0 Å². The molecule has 1 atom stereocenters. The second kappa shape index (κ2) is 9.85. The third-order valence-electron chi connectivity index (χ3n) is 7.83. The lowest BCUT2D eigenvalue weighted by atomic mass is 9.95. The van der Waals surface area contributed by atoms with E-state index in [2.05, 4.69) is 10.2 Å². The normalized spacial score (nSPS) is 24.5. The van der Waals surface area contributed by atoms with Crippen molar-refractivity contribution in [1.29, 1.82) is 0 Å². The van der Waals surface area contributed by atoms with Gasteiger partial charge < -0.3 is 10.2 Å². The number of hydrogen-bond acceptors (Lipinski definition) is 5. The maximum Gasteiger partial charge on any atom is 0.250 e. The van der Waals surface area contributed by atoms with E-state index in [1.165, 1.54) is 11.3 Å². The van der Waals surface area contributed by atoms with Crippen molar-refractivity contribution in [3.8, 4) is 0 Å². The molecule has 4 aliphatic rings. The maximum atomic E-state index is 13.6. The molecule has 5 rings (SSSR count). The van der Waals surface area contributed by atoms with Crippen LogP contribution < -0.4 is 15.1 Å². The number of fused-ring (bicyclic) bond motifs is 3. The summed E-state index contributed by atoms with van der Waals surface area (Å²) in [5.74, 6) is -0.265. The van der Waals surface area contributed by atoms with Gasteiger partial charge in [-0.05, 0) is 63.1 Å². The molecule has 8 nitrogen and oxygen atoms in total. The fourth-order valence-corrected chi connectivity index (χ4v) is 7.52. The number of hydrogen-bond donors (Lipinski definition) is 1. The molecule has 34 heavy (non-hydrogen) atoms. The van der Waals surface area contributed by atoms with Gasteiger partial charge in [0.15, 0.2) is 0 Å². The number of carbonyl (C=O) groups is 2. The van der Waals surface area contributed by atoms with Gasteiger partial charge >= 0.3 is 0 Å². The standard InChI is InChI=1S/C25H36N4O4S/c30-24(26-19-9-3-1-4-10-19)18-29-23-17-20(34(32,33)27-14-6-2-7-15-27)12-13-21(23)28-16-8-5-11-22(28)25(29)31/h12-13,17,19,22H,1-11,14-16,18H2,(H,26,30)/t22-/m1/s1. The van der Waals surface area contributed by atoms with Crippen molar-refractivity contribution >= 4 is 33.2 Å². The van der Waals surface area contributed by atoms with E-state index in [0.29, 0.717) is 18.8 Å². The molecule has 3 heterocycles. The molecule has 0 unspecified atom stereocenters. The lowest BCUT2D eigenvalue weighted by Crippen LogP contribution is -2.57. The number of nitrogens with one attached hydrogen (secondary N) is 1. The predicted molar refractivity (Wildman–Crippen MR) is 131 cm³/mol. The first-order valence-corrected chi connectivity index (χ1v) is 14.4. The molecule has 0 radical (unpaired) electrons. The highest BCUT2D eigenvalue weighted by atomic mass is 32.2. The third-order valence-corrected chi connectivity index (χ3v) is 9.72. The Bertz CT molecular complexity index is 1030. The minimum Gasteiger partial charge on any atom is -0.358 e. The summed E-state index contributed by atoms with van der Waals surface area (Å²) in [6, 6.07) is 5.01. The molecule has 1 N–H and O–H groups in total. The van der Waals surface area contributed by atoms with Crippen molar-refractivity contribution in [3.05, 3.63) is 18.2 Å². The number of benzene rings is 1. The monoisotopic (exact) mass is 488 g/mol. The Morgan fingerprint density at radius 1 is 0.882 bits per heavy atom. The molecule has 3 fully saturated rings. The van der Waals surface area contributed by atoms with Crippen molar-refractivity contribution in [2.75, 3.05) is 36.0 Å². The van der Waals surface area contributed by atoms with E-state index < -0.39 is 10.0 Å². The van der Waals surface area contributed by atoms with Crippen LogP contribution in [-0.2, 0) is 19.6 Å².